The summed E-state index contributed by atoms with van der Waals surface area (Å²) in [5.41, 5.74) is 5.57. The van der Waals surface area contributed by atoms with Crippen LogP contribution in [-0.4, -0.2) is 28.9 Å². The molecular weight excluding hydrogens is 451 g/mol. The van der Waals surface area contributed by atoms with Crippen molar-refractivity contribution < 1.29 is 18.7 Å². The predicted octanol–water partition coefficient (Wildman–Crippen LogP) is 5.59. The van der Waals surface area contributed by atoms with Gasteiger partial charge in [0.15, 0.2) is 0 Å². The molecule has 1 aromatic heterocycles. The van der Waals surface area contributed by atoms with Crippen molar-refractivity contribution in [3.63, 3.8) is 0 Å². The molecule has 2 aromatic carbocycles. The normalized spacial score (nSPS) is 19.0. The minimum atomic E-state index is -0.601. The van der Waals surface area contributed by atoms with Crippen molar-refractivity contribution in [2.24, 2.45) is 0 Å². The highest BCUT2D eigenvalue weighted by molar-refractivity contribution is 7.09. The minimum absolute atomic E-state index is 0.167. The number of aromatic nitrogens is 1. The first-order valence-corrected chi connectivity index (χ1v) is 12.6. The van der Waals surface area contributed by atoms with E-state index >= 15 is 0 Å². The van der Waals surface area contributed by atoms with Crippen LogP contribution in [-0.2, 0) is 33.9 Å². The van der Waals surface area contributed by atoms with Gasteiger partial charge in [-0.05, 0) is 49.4 Å². The van der Waals surface area contributed by atoms with Crippen LogP contribution >= 0.6 is 11.3 Å². The molecule has 0 spiro atoms. The lowest BCUT2D eigenvalue weighted by molar-refractivity contribution is -0.155. The maximum atomic E-state index is 14.1. The van der Waals surface area contributed by atoms with Gasteiger partial charge < -0.3 is 14.4 Å². The average Bonchev–Trinajstić information content (AvgIpc) is 3.22. The number of thiazole rings is 1. The summed E-state index contributed by atoms with van der Waals surface area (Å²) in [6.07, 6.45) is 1.65. The van der Waals surface area contributed by atoms with Gasteiger partial charge in [-0.3, -0.25) is 4.79 Å². The number of halogens is 1. The molecular formula is C27H29FN2O3S. The van der Waals surface area contributed by atoms with Crippen LogP contribution in [0.25, 0.3) is 0 Å². The quantitative estimate of drug-likeness (QED) is 0.488. The van der Waals surface area contributed by atoms with Gasteiger partial charge in [-0.15, -0.1) is 11.3 Å². The number of carbonyl (C=O) groups excluding carboxylic acids is 1. The van der Waals surface area contributed by atoms with Gasteiger partial charge in [0.1, 0.15) is 11.5 Å². The van der Waals surface area contributed by atoms with Gasteiger partial charge in [0.05, 0.1) is 24.6 Å². The first kappa shape index (κ1) is 23.1. The zero-order chi connectivity index (χ0) is 23.7. The van der Waals surface area contributed by atoms with Crippen molar-refractivity contribution in [2.45, 2.75) is 58.5 Å². The minimum Gasteiger partial charge on any atom is -0.342 e. The number of ether oxygens (including phenoxy) is 2. The molecule has 1 unspecified atom stereocenters. The second kappa shape index (κ2) is 9.94. The van der Waals surface area contributed by atoms with Crippen LogP contribution in [0.15, 0.2) is 41.8 Å². The monoisotopic (exact) mass is 480 g/mol. The fourth-order valence-electron chi connectivity index (χ4n) is 4.68. The zero-order valence-electron chi connectivity index (χ0n) is 19.6. The summed E-state index contributed by atoms with van der Waals surface area (Å²) in [4.78, 5) is 19.7. The topological polar surface area (TPSA) is 51.7 Å². The number of fused-ring (bicyclic) bond motifs is 1. The van der Waals surface area contributed by atoms with Gasteiger partial charge >= 0.3 is 0 Å². The van der Waals surface area contributed by atoms with Gasteiger partial charge in [-0.1, -0.05) is 35.9 Å². The van der Waals surface area contributed by atoms with E-state index < -0.39 is 6.29 Å². The summed E-state index contributed by atoms with van der Waals surface area (Å²) >= 11 is 1.61. The van der Waals surface area contributed by atoms with Crippen molar-refractivity contribution in [3.05, 3.63) is 86.1 Å². The Morgan fingerprint density at radius 2 is 1.94 bits per heavy atom. The Hall–Kier alpha value is -2.61. The third kappa shape index (κ3) is 4.92. The standard InChI is InChI=1S/C27H29FN2O3S/c1-17-6-7-18(2)21(12-17)13-25(31)30-10-8-19(9-11-30)26-29-24(16-34-26)27-32-14-20-4-3-5-23(28)22(20)15-33-27/h3-7,12,16,19,27H,8-11,13-15H2,1-2H3. The van der Waals surface area contributed by atoms with Crippen molar-refractivity contribution in [3.8, 4) is 0 Å². The Bertz CT molecular complexity index is 1190. The van der Waals surface area contributed by atoms with E-state index in [1.54, 1.807) is 17.4 Å². The van der Waals surface area contributed by atoms with E-state index in [1.807, 2.05) is 16.3 Å². The van der Waals surface area contributed by atoms with Crippen LogP contribution in [0.1, 0.15) is 63.6 Å². The third-order valence-corrected chi connectivity index (χ3v) is 7.84. The molecule has 5 nitrogen and oxygen atoms in total. The molecule has 34 heavy (non-hydrogen) atoms. The van der Waals surface area contributed by atoms with Crippen molar-refractivity contribution >= 4 is 17.2 Å². The van der Waals surface area contributed by atoms with Crippen LogP contribution in [0.3, 0.4) is 0 Å². The molecule has 2 aliphatic heterocycles. The van der Waals surface area contributed by atoms with E-state index in [2.05, 4.69) is 32.0 Å². The molecule has 3 aromatic rings. The number of aryl methyl sites for hydroxylation is 2. The predicted molar refractivity (Wildman–Crippen MR) is 129 cm³/mol. The molecule has 5 rings (SSSR count). The van der Waals surface area contributed by atoms with Gasteiger partial charge in [0, 0.05) is 30.0 Å². The second-order valence-electron chi connectivity index (χ2n) is 9.20. The van der Waals surface area contributed by atoms with Gasteiger partial charge in [-0.2, -0.15) is 0 Å². The summed E-state index contributed by atoms with van der Waals surface area (Å²) < 4.78 is 25.8. The smallest absolute Gasteiger partial charge is 0.227 e. The lowest BCUT2D eigenvalue weighted by Crippen LogP contribution is -2.38. The molecule has 2 aliphatic rings. The number of nitrogens with zero attached hydrogens (tertiary/aromatic N) is 2. The maximum absolute atomic E-state index is 14.1. The van der Waals surface area contributed by atoms with Crippen molar-refractivity contribution in [1.29, 1.82) is 0 Å². The SMILES string of the molecule is Cc1ccc(C)c(CC(=O)N2CCC(c3nc(C4OCc5cccc(F)c5CO4)cs3)CC2)c1. The van der Waals surface area contributed by atoms with Crippen molar-refractivity contribution in [1.82, 2.24) is 9.88 Å². The maximum Gasteiger partial charge on any atom is 0.227 e. The molecule has 3 heterocycles. The highest BCUT2D eigenvalue weighted by Crippen LogP contribution is 2.34. The third-order valence-electron chi connectivity index (χ3n) is 6.81. The van der Waals surface area contributed by atoms with E-state index in [0.717, 1.165) is 53.3 Å². The molecule has 1 saturated heterocycles. The number of amides is 1. The number of piperidine rings is 1. The number of benzene rings is 2. The number of likely N-dealkylation sites (tertiary alicyclic amines) is 1. The summed E-state index contributed by atoms with van der Waals surface area (Å²) in [6.45, 7) is 6.07. The lowest BCUT2D eigenvalue weighted by atomic mass is 9.96. The van der Waals surface area contributed by atoms with Gasteiger partial charge in [-0.25, -0.2) is 9.37 Å². The Morgan fingerprint density at radius 1 is 1.15 bits per heavy atom. The molecule has 0 aliphatic carbocycles. The Kier molecular flexibility index (Phi) is 6.77. The first-order valence-electron chi connectivity index (χ1n) is 11.8. The number of rotatable bonds is 4. The van der Waals surface area contributed by atoms with Gasteiger partial charge in [0.2, 0.25) is 12.2 Å². The van der Waals surface area contributed by atoms with Crippen LogP contribution in [0.5, 0.6) is 0 Å². The van der Waals surface area contributed by atoms with Crippen LogP contribution in [0, 0.1) is 19.7 Å². The molecule has 178 valence electrons. The fourth-order valence-corrected chi connectivity index (χ4v) is 5.67. The summed E-state index contributed by atoms with van der Waals surface area (Å²) in [5, 5.41) is 3.03. The Labute approximate surface area is 203 Å². The van der Waals surface area contributed by atoms with E-state index in [0.29, 0.717) is 24.5 Å². The first-order chi connectivity index (χ1) is 16.5. The molecule has 1 atom stereocenters. The molecule has 1 amide bonds. The highest BCUT2D eigenvalue weighted by Gasteiger charge is 2.28. The highest BCUT2D eigenvalue weighted by atomic mass is 32.1. The summed E-state index contributed by atoms with van der Waals surface area (Å²) in [6, 6.07) is 11.3. The second-order valence-corrected chi connectivity index (χ2v) is 10.1. The number of carbonyl (C=O) groups is 1. The molecule has 0 bridgehead atoms. The number of hydrogen-bond donors (Lipinski definition) is 0. The van der Waals surface area contributed by atoms with E-state index in [9.17, 15) is 9.18 Å². The van der Waals surface area contributed by atoms with E-state index in [-0.39, 0.29) is 18.3 Å². The molecule has 0 N–H and O–H groups in total. The fraction of sp³-hybridized carbons (Fsp3) is 0.407. The van der Waals surface area contributed by atoms with Crippen LogP contribution < -0.4 is 0 Å². The summed E-state index contributed by atoms with van der Waals surface area (Å²) in [5.74, 6) is 0.252. The molecule has 0 radical (unpaired) electrons. The average molecular weight is 481 g/mol. The van der Waals surface area contributed by atoms with E-state index in [1.165, 1.54) is 11.6 Å². The molecule has 0 saturated carbocycles. The largest absolute Gasteiger partial charge is 0.342 e. The Balaban J connectivity index is 1.17. The number of hydrogen-bond acceptors (Lipinski definition) is 5. The molecule has 7 heteroatoms. The summed E-state index contributed by atoms with van der Waals surface area (Å²) in [7, 11) is 0. The zero-order valence-corrected chi connectivity index (χ0v) is 20.4. The lowest BCUT2D eigenvalue weighted by Gasteiger charge is -2.31. The molecule has 1 fully saturated rings. The van der Waals surface area contributed by atoms with Gasteiger partial charge in [0.25, 0.3) is 0 Å². The van der Waals surface area contributed by atoms with Crippen LogP contribution in [0.4, 0.5) is 4.39 Å². The van der Waals surface area contributed by atoms with E-state index in [4.69, 9.17) is 14.5 Å². The van der Waals surface area contributed by atoms with Crippen molar-refractivity contribution in [2.75, 3.05) is 13.1 Å². The van der Waals surface area contributed by atoms with Crippen LogP contribution in [0.2, 0.25) is 0 Å². The Morgan fingerprint density at radius 3 is 2.76 bits per heavy atom.